The number of benzene rings is 2. The molecule has 2 aliphatic heterocycles. The Morgan fingerprint density at radius 1 is 1.18 bits per heavy atom. The topological polar surface area (TPSA) is 67.6 Å². The lowest BCUT2D eigenvalue weighted by molar-refractivity contribution is -0.118. The molecule has 28 heavy (non-hydrogen) atoms. The molecule has 1 amide bonds. The van der Waals surface area contributed by atoms with Crippen LogP contribution in [0.2, 0.25) is 0 Å². The average Bonchev–Trinajstić information content (AvgIpc) is 2.77. The van der Waals surface area contributed by atoms with Gasteiger partial charge in [0.1, 0.15) is 5.75 Å². The van der Waals surface area contributed by atoms with Crippen LogP contribution in [0.5, 0.6) is 5.75 Å². The molecule has 2 aromatic carbocycles. The summed E-state index contributed by atoms with van der Waals surface area (Å²) in [6, 6.07) is 15.3. The number of piperidine rings is 1. The maximum Gasteiger partial charge on any atom is 0.227 e. The first-order valence-corrected chi connectivity index (χ1v) is 10.1. The second-order valence-corrected chi connectivity index (χ2v) is 7.36. The van der Waals surface area contributed by atoms with Crippen molar-refractivity contribution in [2.24, 2.45) is 5.73 Å². The third kappa shape index (κ3) is 4.72. The molecular weight excluding hydrogens is 350 g/mol. The number of methoxy groups -OCH3 is 1. The molecule has 2 aromatic rings. The Labute approximate surface area is 167 Å². The van der Waals surface area contributed by atoms with Crippen molar-refractivity contribution in [1.29, 1.82) is 0 Å². The van der Waals surface area contributed by atoms with Gasteiger partial charge in [-0.2, -0.15) is 0 Å². The van der Waals surface area contributed by atoms with E-state index in [1.807, 2.05) is 12.1 Å². The van der Waals surface area contributed by atoms with Gasteiger partial charge in [-0.3, -0.25) is 4.79 Å². The van der Waals surface area contributed by atoms with E-state index in [0.717, 1.165) is 23.4 Å². The van der Waals surface area contributed by atoms with Crippen molar-refractivity contribution in [3.8, 4) is 5.75 Å². The monoisotopic (exact) mass is 381 g/mol. The SMILES string of the molecule is COc1cc2c(cc1CN)CCC(=O)N2C.c1ccc([C@H]2CCCCN2)cc1. The Balaban J connectivity index is 0.000000167. The van der Waals surface area contributed by atoms with Crippen LogP contribution in [-0.4, -0.2) is 26.6 Å². The maximum atomic E-state index is 11.6. The van der Waals surface area contributed by atoms with Gasteiger partial charge in [-0.1, -0.05) is 36.8 Å². The summed E-state index contributed by atoms with van der Waals surface area (Å²) in [6.45, 7) is 1.63. The van der Waals surface area contributed by atoms with E-state index in [0.29, 0.717) is 19.0 Å². The van der Waals surface area contributed by atoms with Gasteiger partial charge in [0.15, 0.2) is 0 Å². The number of ether oxygens (including phenoxy) is 1. The van der Waals surface area contributed by atoms with Gasteiger partial charge >= 0.3 is 0 Å². The lowest BCUT2D eigenvalue weighted by Gasteiger charge is -2.27. The first-order chi connectivity index (χ1) is 13.6. The van der Waals surface area contributed by atoms with Crippen LogP contribution in [0.25, 0.3) is 0 Å². The molecule has 0 bridgehead atoms. The van der Waals surface area contributed by atoms with Gasteiger partial charge in [0.2, 0.25) is 5.91 Å². The minimum absolute atomic E-state index is 0.148. The first kappa shape index (κ1) is 20.4. The van der Waals surface area contributed by atoms with E-state index in [1.165, 1.54) is 36.9 Å². The van der Waals surface area contributed by atoms with Crippen molar-refractivity contribution in [1.82, 2.24) is 5.32 Å². The highest BCUT2D eigenvalue weighted by molar-refractivity contribution is 5.96. The fourth-order valence-electron chi connectivity index (χ4n) is 3.89. The van der Waals surface area contributed by atoms with Gasteiger partial charge < -0.3 is 20.7 Å². The summed E-state index contributed by atoms with van der Waals surface area (Å²) in [5.74, 6) is 0.901. The molecule has 2 heterocycles. The van der Waals surface area contributed by atoms with Gasteiger partial charge in [-0.05, 0) is 43.0 Å². The number of aryl methyl sites for hydroxylation is 1. The standard InChI is InChI=1S/C12H16N2O2.C11H15N/c1-14-10-6-11(16-2)9(7-13)5-8(10)3-4-12(14)15;1-2-6-10(7-3-1)11-8-4-5-9-12-11/h5-6H,3-4,7,13H2,1-2H3;1-3,6-7,11-12H,4-5,8-9H2/t;11-/m.1/s1. The van der Waals surface area contributed by atoms with Crippen LogP contribution in [0.3, 0.4) is 0 Å². The first-order valence-electron chi connectivity index (χ1n) is 10.1. The number of hydrogen-bond acceptors (Lipinski definition) is 4. The van der Waals surface area contributed by atoms with Crippen molar-refractivity contribution in [2.45, 2.75) is 44.7 Å². The zero-order chi connectivity index (χ0) is 19.9. The molecule has 5 heteroatoms. The molecule has 0 unspecified atom stereocenters. The second kappa shape index (κ2) is 9.71. The van der Waals surface area contributed by atoms with Crippen molar-refractivity contribution < 1.29 is 9.53 Å². The molecular formula is C23H31N3O2. The van der Waals surface area contributed by atoms with E-state index in [9.17, 15) is 4.79 Å². The fourth-order valence-corrected chi connectivity index (χ4v) is 3.89. The van der Waals surface area contributed by atoms with Gasteiger partial charge in [0, 0.05) is 37.7 Å². The predicted molar refractivity (Wildman–Crippen MR) is 114 cm³/mol. The lowest BCUT2D eigenvalue weighted by Crippen LogP contribution is -2.31. The Kier molecular flexibility index (Phi) is 7.06. The van der Waals surface area contributed by atoms with Crippen LogP contribution in [-0.2, 0) is 17.8 Å². The van der Waals surface area contributed by atoms with Crippen LogP contribution < -0.4 is 20.7 Å². The molecule has 3 N–H and O–H groups in total. The molecule has 5 nitrogen and oxygen atoms in total. The predicted octanol–water partition coefficient (Wildman–Crippen LogP) is 3.56. The Morgan fingerprint density at radius 3 is 2.61 bits per heavy atom. The number of rotatable bonds is 3. The van der Waals surface area contributed by atoms with E-state index >= 15 is 0 Å². The minimum atomic E-state index is 0.148. The van der Waals surface area contributed by atoms with Crippen LogP contribution in [0.1, 0.15) is 48.4 Å². The summed E-state index contributed by atoms with van der Waals surface area (Å²) in [5.41, 5.74) is 10.2. The highest BCUT2D eigenvalue weighted by Crippen LogP contribution is 2.33. The third-order valence-electron chi connectivity index (χ3n) is 5.56. The number of nitrogens with one attached hydrogen (secondary N) is 1. The number of anilines is 1. The van der Waals surface area contributed by atoms with Crippen LogP contribution in [0, 0.1) is 0 Å². The molecule has 1 atom stereocenters. The summed E-state index contributed by atoms with van der Waals surface area (Å²) >= 11 is 0. The van der Waals surface area contributed by atoms with E-state index in [-0.39, 0.29) is 5.91 Å². The summed E-state index contributed by atoms with van der Waals surface area (Å²) in [5, 5.41) is 3.54. The second-order valence-electron chi connectivity index (χ2n) is 7.36. The van der Waals surface area contributed by atoms with E-state index in [4.69, 9.17) is 10.5 Å². The lowest BCUT2D eigenvalue weighted by atomic mass is 9.98. The highest BCUT2D eigenvalue weighted by atomic mass is 16.5. The van der Waals surface area contributed by atoms with E-state index in [1.54, 1.807) is 19.1 Å². The third-order valence-corrected chi connectivity index (χ3v) is 5.56. The van der Waals surface area contributed by atoms with Crippen molar-refractivity contribution in [3.63, 3.8) is 0 Å². The number of fused-ring (bicyclic) bond motifs is 1. The van der Waals surface area contributed by atoms with E-state index < -0.39 is 0 Å². The largest absolute Gasteiger partial charge is 0.496 e. The molecule has 0 saturated carbocycles. The molecule has 1 fully saturated rings. The Bertz CT molecular complexity index is 786. The van der Waals surface area contributed by atoms with Gasteiger partial charge in [0.25, 0.3) is 0 Å². The number of nitrogens with two attached hydrogens (primary N) is 1. The molecule has 4 rings (SSSR count). The number of carbonyl (C=O) groups excluding carboxylic acids is 1. The zero-order valence-electron chi connectivity index (χ0n) is 16.9. The summed E-state index contributed by atoms with van der Waals surface area (Å²) in [6.07, 6.45) is 5.36. The quantitative estimate of drug-likeness (QED) is 0.853. The normalized spacial score (nSPS) is 18.8. The average molecular weight is 382 g/mol. The summed E-state index contributed by atoms with van der Waals surface area (Å²) < 4.78 is 5.27. The number of hydrogen-bond donors (Lipinski definition) is 2. The number of carbonyl (C=O) groups is 1. The molecule has 0 radical (unpaired) electrons. The van der Waals surface area contributed by atoms with Gasteiger partial charge in [0.05, 0.1) is 12.8 Å². The Hall–Kier alpha value is -2.37. The van der Waals surface area contributed by atoms with Crippen LogP contribution in [0.4, 0.5) is 5.69 Å². The van der Waals surface area contributed by atoms with Crippen molar-refractivity contribution in [2.75, 3.05) is 25.6 Å². The molecule has 1 saturated heterocycles. The van der Waals surface area contributed by atoms with Crippen molar-refractivity contribution >= 4 is 11.6 Å². The van der Waals surface area contributed by atoms with Crippen molar-refractivity contribution in [3.05, 3.63) is 59.2 Å². The number of amides is 1. The highest BCUT2D eigenvalue weighted by Gasteiger charge is 2.22. The Morgan fingerprint density at radius 2 is 1.96 bits per heavy atom. The van der Waals surface area contributed by atoms with Crippen LogP contribution in [0.15, 0.2) is 42.5 Å². The fraction of sp³-hybridized carbons (Fsp3) is 0.435. The van der Waals surface area contributed by atoms with E-state index in [2.05, 4.69) is 35.6 Å². The molecule has 0 aliphatic carbocycles. The maximum absolute atomic E-state index is 11.6. The molecule has 0 aromatic heterocycles. The molecule has 0 spiro atoms. The number of nitrogens with zero attached hydrogens (tertiary/aromatic N) is 1. The summed E-state index contributed by atoms with van der Waals surface area (Å²) in [7, 11) is 3.41. The smallest absolute Gasteiger partial charge is 0.227 e. The zero-order valence-corrected chi connectivity index (χ0v) is 16.9. The van der Waals surface area contributed by atoms with Gasteiger partial charge in [-0.25, -0.2) is 0 Å². The van der Waals surface area contributed by atoms with Crippen LogP contribution >= 0.6 is 0 Å². The molecule has 2 aliphatic rings. The summed E-state index contributed by atoms with van der Waals surface area (Å²) in [4.78, 5) is 13.3. The molecule has 150 valence electrons. The minimum Gasteiger partial charge on any atom is -0.496 e. The van der Waals surface area contributed by atoms with Gasteiger partial charge in [-0.15, -0.1) is 0 Å².